The molecule has 7 heteroatoms. The molecule has 6 nitrogen and oxygen atoms in total. The van der Waals surface area contributed by atoms with E-state index in [-0.39, 0.29) is 11.3 Å². The summed E-state index contributed by atoms with van der Waals surface area (Å²) in [7, 11) is 0. The van der Waals surface area contributed by atoms with E-state index in [0.29, 0.717) is 21.8 Å². The van der Waals surface area contributed by atoms with Gasteiger partial charge >= 0.3 is 0 Å². The van der Waals surface area contributed by atoms with Crippen LogP contribution in [0.1, 0.15) is 52.9 Å². The van der Waals surface area contributed by atoms with E-state index in [0.717, 1.165) is 36.9 Å². The number of carbonyl (C=O) groups excluding carboxylic acids is 1. The summed E-state index contributed by atoms with van der Waals surface area (Å²) in [5, 5.41) is 20.9. The number of fused-ring (bicyclic) bond motifs is 1. The lowest BCUT2D eigenvalue weighted by molar-refractivity contribution is -0.384. The van der Waals surface area contributed by atoms with Crippen molar-refractivity contribution >= 4 is 23.7 Å². The maximum Gasteiger partial charge on any atom is 0.270 e. The molecule has 0 aliphatic heterocycles. The number of carbonyl (C=O) groups is 1. The van der Waals surface area contributed by atoms with Crippen LogP contribution in [0.2, 0.25) is 0 Å². The molecule has 3 rings (SSSR count). The first-order valence-electron chi connectivity index (χ1n) is 8.46. The van der Waals surface area contributed by atoms with Crippen LogP contribution in [0.15, 0.2) is 34.2 Å². The van der Waals surface area contributed by atoms with Gasteiger partial charge in [-0.05, 0) is 43.4 Å². The first-order valence-corrected chi connectivity index (χ1v) is 9.28. The van der Waals surface area contributed by atoms with Gasteiger partial charge in [0.25, 0.3) is 5.69 Å². The van der Waals surface area contributed by atoms with E-state index in [1.807, 2.05) is 6.07 Å². The highest BCUT2D eigenvalue weighted by molar-refractivity contribution is 7.99. The molecular weight excluding hydrogens is 350 g/mol. The zero-order valence-electron chi connectivity index (χ0n) is 14.1. The number of nitro benzene ring substituents is 1. The maximum absolute atomic E-state index is 11.3. The number of hydrogen-bond donors (Lipinski definition) is 0. The first-order chi connectivity index (χ1) is 12.6. The lowest BCUT2D eigenvalue weighted by Gasteiger charge is -2.15. The second-order valence-corrected chi connectivity index (χ2v) is 7.20. The fraction of sp³-hybridized carbons (Fsp3) is 0.316. The van der Waals surface area contributed by atoms with Crippen LogP contribution in [0.5, 0.6) is 0 Å². The highest BCUT2D eigenvalue weighted by Gasteiger charge is 2.17. The standard InChI is InChI=1S/C19H17N3O3S/c20-11-14-9-13-5-3-1-2-4-6-17(13)21-19(14)26-18-8-7-16(22(24)25)10-15(18)12-23/h7-10,12H,1-6H2. The molecule has 1 aliphatic carbocycles. The van der Waals surface area contributed by atoms with Gasteiger partial charge in [-0.15, -0.1) is 0 Å². The summed E-state index contributed by atoms with van der Waals surface area (Å²) >= 11 is 1.21. The number of aldehydes is 1. The summed E-state index contributed by atoms with van der Waals surface area (Å²) in [5.74, 6) is 0. The maximum atomic E-state index is 11.3. The quantitative estimate of drug-likeness (QED) is 0.449. The van der Waals surface area contributed by atoms with E-state index >= 15 is 0 Å². The van der Waals surface area contributed by atoms with E-state index in [1.165, 1.54) is 42.8 Å². The van der Waals surface area contributed by atoms with Crippen molar-refractivity contribution in [1.82, 2.24) is 4.98 Å². The van der Waals surface area contributed by atoms with Gasteiger partial charge in [0.15, 0.2) is 6.29 Å². The van der Waals surface area contributed by atoms with E-state index in [1.54, 1.807) is 0 Å². The summed E-state index contributed by atoms with van der Waals surface area (Å²) in [4.78, 5) is 27.0. The number of benzene rings is 1. The summed E-state index contributed by atoms with van der Waals surface area (Å²) in [5.41, 5.74) is 2.71. The normalized spacial score (nSPS) is 13.8. The molecule has 0 radical (unpaired) electrons. The van der Waals surface area contributed by atoms with Crippen molar-refractivity contribution in [3.63, 3.8) is 0 Å². The Morgan fingerprint density at radius 3 is 2.65 bits per heavy atom. The third-order valence-corrected chi connectivity index (χ3v) is 5.52. The number of nitriles is 1. The Hall–Kier alpha value is -2.72. The minimum Gasteiger partial charge on any atom is -0.298 e. The molecule has 2 aromatic rings. The van der Waals surface area contributed by atoms with Crippen LogP contribution < -0.4 is 0 Å². The van der Waals surface area contributed by atoms with Gasteiger partial charge in [-0.2, -0.15) is 5.26 Å². The average molecular weight is 367 g/mol. The van der Waals surface area contributed by atoms with E-state index in [4.69, 9.17) is 4.98 Å². The molecule has 0 N–H and O–H groups in total. The predicted octanol–water partition coefficient (Wildman–Crippen LogP) is 4.48. The largest absolute Gasteiger partial charge is 0.298 e. The van der Waals surface area contributed by atoms with Crippen molar-refractivity contribution in [3.8, 4) is 6.07 Å². The number of non-ortho nitro benzene ring substituents is 1. The molecule has 132 valence electrons. The number of aryl methyl sites for hydroxylation is 2. The molecule has 1 aromatic carbocycles. The number of pyridine rings is 1. The van der Waals surface area contributed by atoms with Gasteiger partial charge in [-0.3, -0.25) is 14.9 Å². The summed E-state index contributed by atoms with van der Waals surface area (Å²) in [6.45, 7) is 0. The average Bonchev–Trinajstić information content (AvgIpc) is 2.63. The molecule has 1 aliphatic rings. The Morgan fingerprint density at radius 1 is 1.19 bits per heavy atom. The van der Waals surface area contributed by atoms with E-state index < -0.39 is 4.92 Å². The van der Waals surface area contributed by atoms with Gasteiger partial charge in [0.05, 0.1) is 10.5 Å². The van der Waals surface area contributed by atoms with Crippen molar-refractivity contribution in [1.29, 1.82) is 5.26 Å². The van der Waals surface area contributed by atoms with E-state index in [9.17, 15) is 20.2 Å². The van der Waals surface area contributed by atoms with Crippen LogP contribution >= 0.6 is 11.8 Å². The van der Waals surface area contributed by atoms with Gasteiger partial charge in [0.1, 0.15) is 11.1 Å². The Labute approximate surface area is 155 Å². The Balaban J connectivity index is 1.99. The van der Waals surface area contributed by atoms with Crippen LogP contribution in [-0.2, 0) is 12.8 Å². The van der Waals surface area contributed by atoms with Gasteiger partial charge in [0.2, 0.25) is 0 Å². The fourth-order valence-electron chi connectivity index (χ4n) is 3.06. The summed E-state index contributed by atoms with van der Waals surface area (Å²) in [6, 6.07) is 8.23. The smallest absolute Gasteiger partial charge is 0.270 e. The monoisotopic (exact) mass is 367 g/mol. The number of hydrogen-bond acceptors (Lipinski definition) is 6. The highest BCUT2D eigenvalue weighted by Crippen LogP contribution is 2.34. The van der Waals surface area contributed by atoms with Crippen LogP contribution in [0, 0.1) is 21.4 Å². The Morgan fingerprint density at radius 2 is 1.96 bits per heavy atom. The lowest BCUT2D eigenvalue weighted by Crippen LogP contribution is -2.05. The molecule has 0 spiro atoms. The second-order valence-electron chi connectivity index (χ2n) is 6.17. The minimum absolute atomic E-state index is 0.136. The highest BCUT2D eigenvalue weighted by atomic mass is 32.2. The molecule has 0 amide bonds. The van der Waals surface area contributed by atoms with Gasteiger partial charge in [-0.1, -0.05) is 24.6 Å². The van der Waals surface area contributed by atoms with Crippen molar-refractivity contribution in [2.75, 3.05) is 0 Å². The van der Waals surface area contributed by atoms with Gasteiger partial charge in [-0.25, -0.2) is 4.98 Å². The summed E-state index contributed by atoms with van der Waals surface area (Å²) in [6.07, 6.45) is 6.96. The SMILES string of the molecule is N#Cc1cc2c(nc1Sc1ccc([N+](=O)[O-])cc1C=O)CCCCCC2. The molecule has 0 unspecified atom stereocenters. The van der Waals surface area contributed by atoms with Crippen LogP contribution in [0.25, 0.3) is 0 Å². The fourth-order valence-corrected chi connectivity index (χ4v) is 4.00. The zero-order valence-corrected chi connectivity index (χ0v) is 14.9. The molecular formula is C19H17N3O3S. The van der Waals surface area contributed by atoms with E-state index in [2.05, 4.69) is 6.07 Å². The molecule has 0 bridgehead atoms. The second kappa shape index (κ2) is 8.11. The lowest BCUT2D eigenvalue weighted by atomic mass is 9.96. The van der Waals surface area contributed by atoms with Crippen LogP contribution in [0.4, 0.5) is 5.69 Å². The number of nitrogens with zero attached hydrogens (tertiary/aromatic N) is 3. The third kappa shape index (κ3) is 3.92. The van der Waals surface area contributed by atoms with Gasteiger partial charge < -0.3 is 0 Å². The van der Waals surface area contributed by atoms with Gasteiger partial charge in [0, 0.05) is 28.3 Å². The topological polar surface area (TPSA) is 96.9 Å². The van der Waals surface area contributed by atoms with Crippen LogP contribution in [-0.4, -0.2) is 16.2 Å². The van der Waals surface area contributed by atoms with Crippen molar-refractivity contribution in [3.05, 3.63) is 56.8 Å². The number of rotatable bonds is 4. The number of nitro groups is 1. The van der Waals surface area contributed by atoms with Crippen molar-refractivity contribution < 1.29 is 9.72 Å². The molecule has 26 heavy (non-hydrogen) atoms. The van der Waals surface area contributed by atoms with Crippen LogP contribution in [0.3, 0.4) is 0 Å². The first kappa shape index (κ1) is 18.1. The molecule has 1 aromatic heterocycles. The summed E-state index contributed by atoms with van der Waals surface area (Å²) < 4.78 is 0. The molecule has 0 saturated carbocycles. The molecule has 1 heterocycles. The minimum atomic E-state index is -0.536. The molecule has 0 fully saturated rings. The van der Waals surface area contributed by atoms with Crippen molar-refractivity contribution in [2.45, 2.75) is 48.4 Å². The Kier molecular flexibility index (Phi) is 5.64. The third-order valence-electron chi connectivity index (χ3n) is 4.42. The molecule has 0 saturated heterocycles. The number of aromatic nitrogens is 1. The van der Waals surface area contributed by atoms with Crippen molar-refractivity contribution in [2.24, 2.45) is 0 Å². The zero-order chi connectivity index (χ0) is 18.5. The molecule has 0 atom stereocenters. The predicted molar refractivity (Wildman–Crippen MR) is 97.4 cm³/mol. The Bertz CT molecular complexity index is 906.